The maximum atomic E-state index is 12.4. The van der Waals surface area contributed by atoms with E-state index in [0.717, 1.165) is 43.1 Å². The molecule has 25 heavy (non-hydrogen) atoms. The van der Waals surface area contributed by atoms with E-state index in [-0.39, 0.29) is 17.4 Å². The van der Waals surface area contributed by atoms with Crippen LogP contribution in [0, 0.1) is 5.41 Å². The first-order valence-corrected chi connectivity index (χ1v) is 8.77. The van der Waals surface area contributed by atoms with E-state index in [1.807, 2.05) is 30.3 Å². The lowest BCUT2D eigenvalue weighted by atomic mass is 9.64. The molecule has 0 saturated carbocycles. The molecule has 1 atom stereocenters. The molecule has 5 nitrogen and oxygen atoms in total. The van der Waals surface area contributed by atoms with Crippen LogP contribution in [0.4, 0.5) is 5.69 Å². The van der Waals surface area contributed by atoms with Crippen LogP contribution in [0.3, 0.4) is 0 Å². The summed E-state index contributed by atoms with van der Waals surface area (Å²) in [5.41, 5.74) is 2.09. The Balaban J connectivity index is 1.34. The van der Waals surface area contributed by atoms with Gasteiger partial charge in [0.25, 0.3) is 0 Å². The normalized spacial score (nSPS) is 23.3. The number of rotatable bonds is 2. The fourth-order valence-corrected chi connectivity index (χ4v) is 4.28. The molecule has 128 valence electrons. The highest BCUT2D eigenvalue weighted by Gasteiger charge is 2.56. The Kier molecular flexibility index (Phi) is 3.17. The molecular weight excluding hydrogens is 316 g/mol. The number of ether oxygens (including phenoxy) is 2. The van der Waals surface area contributed by atoms with Crippen molar-refractivity contribution in [3.05, 3.63) is 54.1 Å². The van der Waals surface area contributed by atoms with Crippen LogP contribution in [-0.4, -0.2) is 25.8 Å². The third-order valence-electron chi connectivity index (χ3n) is 5.79. The molecule has 0 bridgehead atoms. The first-order chi connectivity index (χ1) is 12.3. The molecule has 2 fully saturated rings. The van der Waals surface area contributed by atoms with Gasteiger partial charge in [-0.1, -0.05) is 30.3 Å². The second-order valence-corrected chi connectivity index (χ2v) is 7.00. The average Bonchev–Trinajstić information content (AvgIpc) is 3.14. The number of anilines is 1. The van der Waals surface area contributed by atoms with E-state index in [0.29, 0.717) is 6.79 Å². The minimum atomic E-state index is -0.256. The van der Waals surface area contributed by atoms with E-state index >= 15 is 0 Å². The molecule has 2 saturated heterocycles. The first-order valence-electron chi connectivity index (χ1n) is 8.77. The minimum Gasteiger partial charge on any atom is -0.454 e. The van der Waals surface area contributed by atoms with Crippen molar-refractivity contribution < 1.29 is 14.3 Å². The van der Waals surface area contributed by atoms with Gasteiger partial charge in [-0.2, -0.15) is 0 Å². The van der Waals surface area contributed by atoms with E-state index < -0.39 is 0 Å². The van der Waals surface area contributed by atoms with Crippen LogP contribution in [0.15, 0.2) is 48.5 Å². The quantitative estimate of drug-likeness (QED) is 0.857. The molecule has 1 N–H and O–H groups in total. The number of amides is 1. The Morgan fingerprint density at radius 2 is 1.76 bits per heavy atom. The van der Waals surface area contributed by atoms with E-state index in [2.05, 4.69) is 28.4 Å². The zero-order chi connectivity index (χ0) is 16.9. The molecule has 0 radical (unpaired) electrons. The Labute approximate surface area is 146 Å². The fourth-order valence-electron chi connectivity index (χ4n) is 4.28. The van der Waals surface area contributed by atoms with Crippen LogP contribution < -0.4 is 19.7 Å². The maximum Gasteiger partial charge on any atom is 0.231 e. The summed E-state index contributed by atoms with van der Waals surface area (Å²) in [6, 6.07) is 16.5. The Bertz CT molecular complexity index is 813. The van der Waals surface area contributed by atoms with Gasteiger partial charge in [-0.25, -0.2) is 0 Å². The van der Waals surface area contributed by atoms with E-state index in [4.69, 9.17) is 9.47 Å². The summed E-state index contributed by atoms with van der Waals surface area (Å²) in [6.07, 6.45) is 1.74. The van der Waals surface area contributed by atoms with Gasteiger partial charge in [0.15, 0.2) is 11.5 Å². The average molecular weight is 336 g/mol. The molecule has 3 aliphatic heterocycles. The smallest absolute Gasteiger partial charge is 0.231 e. The van der Waals surface area contributed by atoms with Crippen molar-refractivity contribution in [3.63, 3.8) is 0 Å². The monoisotopic (exact) mass is 336 g/mol. The summed E-state index contributed by atoms with van der Waals surface area (Å²) in [6.45, 7) is 2.04. The van der Waals surface area contributed by atoms with Crippen LogP contribution >= 0.6 is 0 Å². The van der Waals surface area contributed by atoms with Crippen molar-refractivity contribution in [1.82, 2.24) is 5.32 Å². The van der Waals surface area contributed by atoms with Crippen molar-refractivity contribution in [2.45, 2.75) is 18.9 Å². The molecule has 1 amide bonds. The van der Waals surface area contributed by atoms with Gasteiger partial charge in [0.05, 0.1) is 11.5 Å². The maximum absolute atomic E-state index is 12.4. The Morgan fingerprint density at radius 3 is 2.52 bits per heavy atom. The number of fused-ring (bicyclic) bond motifs is 1. The molecule has 0 unspecified atom stereocenters. The lowest BCUT2D eigenvalue weighted by Crippen LogP contribution is -2.64. The zero-order valence-corrected chi connectivity index (χ0v) is 13.9. The van der Waals surface area contributed by atoms with Crippen LogP contribution in [0.25, 0.3) is 0 Å². The van der Waals surface area contributed by atoms with Crippen LogP contribution in [0.2, 0.25) is 0 Å². The molecular formula is C20H20N2O3. The van der Waals surface area contributed by atoms with Crippen LogP contribution in [0.1, 0.15) is 24.4 Å². The Morgan fingerprint density at radius 1 is 1.00 bits per heavy atom. The van der Waals surface area contributed by atoms with Gasteiger partial charge in [-0.05, 0) is 30.5 Å². The third-order valence-corrected chi connectivity index (χ3v) is 5.79. The molecule has 1 spiro atoms. The lowest BCUT2D eigenvalue weighted by Gasteiger charge is -2.53. The van der Waals surface area contributed by atoms with Crippen LogP contribution in [-0.2, 0) is 4.79 Å². The van der Waals surface area contributed by atoms with E-state index in [1.54, 1.807) is 0 Å². The molecule has 0 aliphatic carbocycles. The van der Waals surface area contributed by atoms with Gasteiger partial charge in [0, 0.05) is 24.8 Å². The topological polar surface area (TPSA) is 50.8 Å². The van der Waals surface area contributed by atoms with Crippen LogP contribution in [0.5, 0.6) is 11.5 Å². The third kappa shape index (κ3) is 2.18. The summed E-state index contributed by atoms with van der Waals surface area (Å²) in [4.78, 5) is 14.8. The van der Waals surface area contributed by atoms with E-state index in [9.17, 15) is 4.79 Å². The fraction of sp³-hybridized carbons (Fsp3) is 0.350. The van der Waals surface area contributed by atoms with Gasteiger partial charge in [-0.3, -0.25) is 4.79 Å². The van der Waals surface area contributed by atoms with Gasteiger partial charge in [-0.15, -0.1) is 0 Å². The van der Waals surface area contributed by atoms with E-state index in [1.165, 1.54) is 5.56 Å². The standard InChI is InChI=1S/C20H20N2O3/c23-19-20(18(21-19)14-4-2-1-3-5-14)8-10-22(11-9-20)15-6-7-16-17(12-15)25-13-24-16/h1-7,12,18H,8-11,13H2,(H,21,23)/t18-/m1/s1. The second-order valence-electron chi connectivity index (χ2n) is 7.00. The van der Waals surface area contributed by atoms with Crippen molar-refractivity contribution in [2.75, 3.05) is 24.8 Å². The number of hydrogen-bond donors (Lipinski definition) is 1. The second kappa shape index (κ2) is 5.41. The minimum absolute atomic E-state index is 0.139. The number of benzene rings is 2. The van der Waals surface area contributed by atoms with Crippen molar-refractivity contribution in [1.29, 1.82) is 0 Å². The highest BCUT2D eigenvalue weighted by atomic mass is 16.7. The summed E-state index contributed by atoms with van der Waals surface area (Å²) < 4.78 is 10.9. The number of nitrogens with one attached hydrogen (secondary N) is 1. The Hall–Kier alpha value is -2.69. The number of piperidine rings is 1. The lowest BCUT2D eigenvalue weighted by molar-refractivity contribution is -0.148. The molecule has 2 aromatic carbocycles. The highest BCUT2D eigenvalue weighted by molar-refractivity contribution is 5.91. The summed E-state index contributed by atoms with van der Waals surface area (Å²) in [5.74, 6) is 1.81. The number of nitrogens with zero attached hydrogens (tertiary/aromatic N) is 1. The van der Waals surface area contributed by atoms with Gasteiger partial charge in [0.2, 0.25) is 12.7 Å². The predicted octanol–water partition coefficient (Wildman–Crippen LogP) is 2.87. The van der Waals surface area contributed by atoms with Gasteiger partial charge >= 0.3 is 0 Å². The van der Waals surface area contributed by atoms with Crippen molar-refractivity contribution in [2.24, 2.45) is 5.41 Å². The number of carbonyl (C=O) groups is 1. The van der Waals surface area contributed by atoms with Gasteiger partial charge in [0.1, 0.15) is 0 Å². The summed E-state index contributed by atoms with van der Waals surface area (Å²) in [7, 11) is 0. The molecule has 3 heterocycles. The SMILES string of the molecule is O=C1N[C@H](c2ccccc2)C12CCN(c1ccc3c(c1)OCO3)CC2. The number of hydrogen-bond acceptors (Lipinski definition) is 4. The molecule has 5 heteroatoms. The number of carbonyl (C=O) groups excluding carboxylic acids is 1. The molecule has 5 rings (SSSR count). The highest BCUT2D eigenvalue weighted by Crippen LogP contribution is 2.50. The molecule has 3 aliphatic rings. The zero-order valence-electron chi connectivity index (χ0n) is 13.9. The summed E-state index contributed by atoms with van der Waals surface area (Å²) >= 11 is 0. The molecule has 0 aromatic heterocycles. The number of β-lactam (4-membered cyclic amide) rings is 1. The van der Waals surface area contributed by atoms with Crippen molar-refractivity contribution >= 4 is 11.6 Å². The first kappa shape index (κ1) is 14.6. The predicted molar refractivity (Wildman–Crippen MR) is 93.8 cm³/mol. The largest absolute Gasteiger partial charge is 0.454 e. The summed E-state index contributed by atoms with van der Waals surface area (Å²) in [5, 5.41) is 3.11. The molecule has 2 aromatic rings. The van der Waals surface area contributed by atoms with Gasteiger partial charge < -0.3 is 19.7 Å². The van der Waals surface area contributed by atoms with Crippen molar-refractivity contribution in [3.8, 4) is 11.5 Å².